The van der Waals surface area contributed by atoms with E-state index in [-0.39, 0.29) is 11.5 Å². The SMILES string of the molecule is CCCc1ccc(C(=O)c2ccccc2O)cc1. The Morgan fingerprint density at radius 3 is 2.33 bits per heavy atom. The summed E-state index contributed by atoms with van der Waals surface area (Å²) in [5.41, 5.74) is 2.18. The molecule has 2 aromatic carbocycles. The maximum atomic E-state index is 12.2. The number of aryl methyl sites for hydroxylation is 1. The molecule has 2 nitrogen and oxygen atoms in total. The Morgan fingerprint density at radius 2 is 1.72 bits per heavy atom. The van der Waals surface area contributed by atoms with E-state index in [4.69, 9.17) is 0 Å². The molecule has 1 N–H and O–H groups in total. The maximum absolute atomic E-state index is 12.2. The van der Waals surface area contributed by atoms with E-state index in [1.54, 1.807) is 18.2 Å². The lowest BCUT2D eigenvalue weighted by atomic mass is 10.0. The molecular formula is C16H16O2. The first kappa shape index (κ1) is 12.4. The van der Waals surface area contributed by atoms with E-state index >= 15 is 0 Å². The monoisotopic (exact) mass is 240 g/mol. The second-order valence-electron chi connectivity index (χ2n) is 4.29. The number of benzene rings is 2. The van der Waals surface area contributed by atoms with E-state index in [1.807, 2.05) is 24.3 Å². The van der Waals surface area contributed by atoms with Crippen molar-refractivity contribution in [3.05, 3.63) is 65.2 Å². The number of phenols is 1. The molecule has 0 aliphatic heterocycles. The summed E-state index contributed by atoms with van der Waals surface area (Å²) in [6.07, 6.45) is 2.11. The van der Waals surface area contributed by atoms with Crippen LogP contribution in [0, 0.1) is 0 Å². The lowest BCUT2D eigenvalue weighted by Gasteiger charge is -2.04. The summed E-state index contributed by atoms with van der Waals surface area (Å²) < 4.78 is 0. The van der Waals surface area contributed by atoms with E-state index in [9.17, 15) is 9.90 Å². The van der Waals surface area contributed by atoms with Crippen molar-refractivity contribution in [2.75, 3.05) is 0 Å². The minimum atomic E-state index is -0.142. The van der Waals surface area contributed by atoms with Crippen molar-refractivity contribution in [2.24, 2.45) is 0 Å². The van der Waals surface area contributed by atoms with Gasteiger partial charge in [0.25, 0.3) is 0 Å². The molecule has 0 fully saturated rings. The van der Waals surface area contributed by atoms with Gasteiger partial charge in [0.2, 0.25) is 0 Å². The lowest BCUT2D eigenvalue weighted by Crippen LogP contribution is -2.01. The zero-order chi connectivity index (χ0) is 13.0. The number of hydrogen-bond acceptors (Lipinski definition) is 2. The zero-order valence-corrected chi connectivity index (χ0v) is 10.4. The van der Waals surface area contributed by atoms with Gasteiger partial charge in [0.1, 0.15) is 5.75 Å². The van der Waals surface area contributed by atoms with Gasteiger partial charge in [0.15, 0.2) is 5.78 Å². The van der Waals surface area contributed by atoms with Gasteiger partial charge in [-0.05, 0) is 24.1 Å². The highest BCUT2D eigenvalue weighted by molar-refractivity contribution is 6.10. The predicted octanol–water partition coefficient (Wildman–Crippen LogP) is 3.58. The van der Waals surface area contributed by atoms with Gasteiger partial charge in [-0.1, -0.05) is 49.7 Å². The molecule has 0 saturated carbocycles. The fourth-order valence-corrected chi connectivity index (χ4v) is 1.93. The van der Waals surface area contributed by atoms with Gasteiger partial charge in [0.05, 0.1) is 5.56 Å². The van der Waals surface area contributed by atoms with Gasteiger partial charge in [-0.15, -0.1) is 0 Å². The molecule has 0 atom stereocenters. The quantitative estimate of drug-likeness (QED) is 0.829. The Labute approximate surface area is 107 Å². The first-order valence-corrected chi connectivity index (χ1v) is 6.14. The van der Waals surface area contributed by atoms with E-state index in [0.29, 0.717) is 11.1 Å². The fourth-order valence-electron chi connectivity index (χ4n) is 1.93. The molecule has 0 bridgehead atoms. The van der Waals surface area contributed by atoms with Crippen LogP contribution >= 0.6 is 0 Å². The molecule has 0 aromatic heterocycles. The number of carbonyl (C=O) groups excluding carboxylic acids is 1. The van der Waals surface area contributed by atoms with Gasteiger partial charge in [-0.25, -0.2) is 0 Å². The summed E-state index contributed by atoms with van der Waals surface area (Å²) in [5, 5.41) is 9.66. The van der Waals surface area contributed by atoms with Crippen LogP contribution in [0.25, 0.3) is 0 Å². The third kappa shape index (κ3) is 2.59. The Kier molecular flexibility index (Phi) is 3.78. The standard InChI is InChI=1S/C16H16O2/c1-2-5-12-8-10-13(11-9-12)16(18)14-6-3-4-7-15(14)17/h3-4,6-11,17H,2,5H2,1H3. The number of aromatic hydroxyl groups is 1. The van der Waals surface area contributed by atoms with Crippen LogP contribution in [-0.4, -0.2) is 10.9 Å². The number of rotatable bonds is 4. The van der Waals surface area contributed by atoms with Crippen molar-refractivity contribution in [1.82, 2.24) is 0 Å². The molecule has 0 heterocycles. The van der Waals surface area contributed by atoms with Crippen molar-refractivity contribution < 1.29 is 9.90 Å². The maximum Gasteiger partial charge on any atom is 0.196 e. The van der Waals surface area contributed by atoms with Crippen LogP contribution in [0.5, 0.6) is 5.75 Å². The normalized spacial score (nSPS) is 10.3. The zero-order valence-electron chi connectivity index (χ0n) is 10.4. The molecule has 0 unspecified atom stereocenters. The van der Waals surface area contributed by atoms with E-state index in [0.717, 1.165) is 12.8 Å². The molecule has 92 valence electrons. The van der Waals surface area contributed by atoms with E-state index in [2.05, 4.69) is 6.92 Å². The highest BCUT2D eigenvalue weighted by Crippen LogP contribution is 2.20. The molecule has 2 heteroatoms. The average Bonchev–Trinajstić information content (AvgIpc) is 2.40. The first-order chi connectivity index (χ1) is 8.72. The fraction of sp³-hybridized carbons (Fsp3) is 0.188. The van der Waals surface area contributed by atoms with Crippen molar-refractivity contribution >= 4 is 5.78 Å². The van der Waals surface area contributed by atoms with Crippen LogP contribution in [0.2, 0.25) is 0 Å². The Morgan fingerprint density at radius 1 is 1.06 bits per heavy atom. The van der Waals surface area contributed by atoms with Crippen LogP contribution in [0.4, 0.5) is 0 Å². The Bertz CT molecular complexity index is 541. The molecule has 0 amide bonds. The predicted molar refractivity (Wildman–Crippen MR) is 72.0 cm³/mol. The molecule has 0 aliphatic rings. The second kappa shape index (κ2) is 5.50. The van der Waals surface area contributed by atoms with Gasteiger partial charge in [-0.2, -0.15) is 0 Å². The van der Waals surface area contributed by atoms with Gasteiger partial charge in [0, 0.05) is 5.56 Å². The number of para-hydroxylation sites is 1. The second-order valence-corrected chi connectivity index (χ2v) is 4.29. The summed E-state index contributed by atoms with van der Waals surface area (Å²) in [6, 6.07) is 14.2. The molecule has 18 heavy (non-hydrogen) atoms. The minimum absolute atomic E-state index is 0.0279. The van der Waals surface area contributed by atoms with Crippen molar-refractivity contribution in [3.63, 3.8) is 0 Å². The van der Waals surface area contributed by atoms with E-state index in [1.165, 1.54) is 11.6 Å². The number of ketones is 1. The Hall–Kier alpha value is -2.09. The summed E-state index contributed by atoms with van der Waals surface area (Å²) in [4.78, 5) is 12.2. The summed E-state index contributed by atoms with van der Waals surface area (Å²) in [6.45, 7) is 2.13. The molecule has 0 aliphatic carbocycles. The van der Waals surface area contributed by atoms with Crippen LogP contribution in [0.1, 0.15) is 34.8 Å². The van der Waals surface area contributed by atoms with Gasteiger partial charge < -0.3 is 5.11 Å². The topological polar surface area (TPSA) is 37.3 Å². The first-order valence-electron chi connectivity index (χ1n) is 6.14. The van der Waals surface area contributed by atoms with Crippen LogP contribution < -0.4 is 0 Å². The molecule has 0 spiro atoms. The summed E-state index contributed by atoms with van der Waals surface area (Å²) >= 11 is 0. The van der Waals surface area contributed by atoms with Crippen LogP contribution in [-0.2, 0) is 6.42 Å². The van der Waals surface area contributed by atoms with Crippen LogP contribution in [0.3, 0.4) is 0 Å². The molecule has 0 saturated heterocycles. The molecule has 0 radical (unpaired) electrons. The number of carbonyl (C=O) groups is 1. The molecule has 2 aromatic rings. The average molecular weight is 240 g/mol. The number of phenolic OH excluding ortho intramolecular Hbond substituents is 1. The highest BCUT2D eigenvalue weighted by Gasteiger charge is 2.12. The third-order valence-electron chi connectivity index (χ3n) is 2.90. The third-order valence-corrected chi connectivity index (χ3v) is 2.90. The molecular weight excluding hydrogens is 224 g/mol. The van der Waals surface area contributed by atoms with Crippen molar-refractivity contribution in [3.8, 4) is 5.75 Å². The summed E-state index contributed by atoms with van der Waals surface area (Å²) in [7, 11) is 0. The molecule has 2 rings (SSSR count). The van der Waals surface area contributed by atoms with Gasteiger partial charge in [-0.3, -0.25) is 4.79 Å². The van der Waals surface area contributed by atoms with Gasteiger partial charge >= 0.3 is 0 Å². The highest BCUT2D eigenvalue weighted by atomic mass is 16.3. The smallest absolute Gasteiger partial charge is 0.196 e. The minimum Gasteiger partial charge on any atom is -0.507 e. The van der Waals surface area contributed by atoms with E-state index < -0.39 is 0 Å². The number of hydrogen-bond donors (Lipinski definition) is 1. The largest absolute Gasteiger partial charge is 0.507 e. The van der Waals surface area contributed by atoms with Crippen LogP contribution in [0.15, 0.2) is 48.5 Å². The van der Waals surface area contributed by atoms with Crippen molar-refractivity contribution in [1.29, 1.82) is 0 Å². The Balaban J connectivity index is 2.27. The van der Waals surface area contributed by atoms with Crippen molar-refractivity contribution in [2.45, 2.75) is 19.8 Å². The lowest BCUT2D eigenvalue weighted by molar-refractivity contribution is 0.103. The summed E-state index contributed by atoms with van der Waals surface area (Å²) in [5.74, 6) is -0.115.